The number of rotatable bonds is 6. The lowest BCUT2D eigenvalue weighted by atomic mass is 10.1. The van der Waals surface area contributed by atoms with Crippen molar-refractivity contribution in [2.75, 3.05) is 5.32 Å². The van der Waals surface area contributed by atoms with Gasteiger partial charge in [-0.2, -0.15) is 4.80 Å². The molecule has 0 aliphatic carbocycles. The monoisotopic (exact) mass is 413 g/mol. The van der Waals surface area contributed by atoms with Crippen LogP contribution in [0.25, 0.3) is 11.4 Å². The quantitative estimate of drug-likeness (QED) is 0.625. The highest BCUT2D eigenvalue weighted by molar-refractivity contribution is 9.10. The topological polar surface area (TPSA) is 89.8 Å². The van der Waals surface area contributed by atoms with Gasteiger partial charge in [0.25, 0.3) is 0 Å². The van der Waals surface area contributed by atoms with Crippen molar-refractivity contribution in [1.82, 2.24) is 20.2 Å². The molecular formula is C18H16BrN5O2. The standard InChI is InChI=1S/C18H16BrN5O2/c1-2-17(26)20-15-9-5-12(6-10-15)16(25)11-24-22-18(21-23-24)13-3-7-14(19)8-4-13/h3-10H,2,11H2,1H3,(H,20,26). The van der Waals surface area contributed by atoms with Crippen LogP contribution in [0.4, 0.5) is 5.69 Å². The third kappa shape index (κ3) is 4.40. The number of amides is 1. The number of hydrogen-bond donors (Lipinski definition) is 1. The number of carbonyl (C=O) groups excluding carboxylic acids is 2. The maximum Gasteiger partial charge on any atom is 0.224 e. The second-order valence-electron chi connectivity index (χ2n) is 5.55. The van der Waals surface area contributed by atoms with E-state index in [2.05, 4.69) is 36.7 Å². The zero-order valence-electron chi connectivity index (χ0n) is 14.0. The SMILES string of the molecule is CCC(=O)Nc1ccc(C(=O)Cn2nnc(-c3ccc(Br)cc3)n2)cc1. The summed E-state index contributed by atoms with van der Waals surface area (Å²) in [7, 11) is 0. The summed E-state index contributed by atoms with van der Waals surface area (Å²) in [6.45, 7) is 1.77. The molecule has 0 fully saturated rings. The molecule has 0 saturated carbocycles. The minimum atomic E-state index is -0.141. The molecule has 0 spiro atoms. The fraction of sp³-hybridized carbons (Fsp3) is 0.167. The van der Waals surface area contributed by atoms with Crippen molar-refractivity contribution >= 4 is 33.3 Å². The van der Waals surface area contributed by atoms with E-state index in [4.69, 9.17) is 0 Å². The van der Waals surface area contributed by atoms with Crippen LogP contribution in [0.15, 0.2) is 53.0 Å². The molecule has 0 radical (unpaired) electrons. The van der Waals surface area contributed by atoms with Crippen molar-refractivity contribution in [3.05, 3.63) is 58.6 Å². The smallest absolute Gasteiger partial charge is 0.224 e. The third-order valence-electron chi connectivity index (χ3n) is 3.65. The predicted molar refractivity (Wildman–Crippen MR) is 101 cm³/mol. The Balaban J connectivity index is 1.66. The molecule has 0 bridgehead atoms. The van der Waals surface area contributed by atoms with E-state index >= 15 is 0 Å². The van der Waals surface area contributed by atoms with Crippen LogP contribution in [0.3, 0.4) is 0 Å². The maximum absolute atomic E-state index is 12.4. The van der Waals surface area contributed by atoms with E-state index in [1.165, 1.54) is 4.80 Å². The number of Topliss-reactive ketones (excluding diaryl/α,β-unsaturated/α-hetero) is 1. The zero-order valence-corrected chi connectivity index (χ0v) is 15.6. The Morgan fingerprint density at radius 3 is 2.42 bits per heavy atom. The molecular weight excluding hydrogens is 398 g/mol. The van der Waals surface area contributed by atoms with Crippen LogP contribution < -0.4 is 5.32 Å². The number of nitrogens with zero attached hydrogens (tertiary/aromatic N) is 4. The average Bonchev–Trinajstić information content (AvgIpc) is 3.11. The van der Waals surface area contributed by atoms with Gasteiger partial charge in [-0.05, 0) is 53.7 Å². The second-order valence-corrected chi connectivity index (χ2v) is 6.47. The van der Waals surface area contributed by atoms with Gasteiger partial charge in [0.15, 0.2) is 5.78 Å². The van der Waals surface area contributed by atoms with Gasteiger partial charge in [0, 0.05) is 27.7 Å². The van der Waals surface area contributed by atoms with Gasteiger partial charge in [0.2, 0.25) is 11.7 Å². The van der Waals surface area contributed by atoms with Crippen molar-refractivity contribution in [3.63, 3.8) is 0 Å². The molecule has 3 rings (SSSR count). The number of benzene rings is 2. The van der Waals surface area contributed by atoms with E-state index in [0.717, 1.165) is 10.0 Å². The van der Waals surface area contributed by atoms with Gasteiger partial charge in [0.1, 0.15) is 6.54 Å². The molecule has 0 aliphatic heterocycles. The highest BCUT2D eigenvalue weighted by Gasteiger charge is 2.11. The predicted octanol–water partition coefficient (Wildman–Crippen LogP) is 3.33. The van der Waals surface area contributed by atoms with Crippen molar-refractivity contribution in [3.8, 4) is 11.4 Å². The first-order chi connectivity index (χ1) is 12.5. The van der Waals surface area contributed by atoms with Crippen LogP contribution in [0.1, 0.15) is 23.7 Å². The Kier molecular flexibility index (Phi) is 5.52. The number of anilines is 1. The molecule has 1 amide bonds. The van der Waals surface area contributed by atoms with E-state index in [1.54, 1.807) is 31.2 Å². The number of tetrazole rings is 1. The fourth-order valence-electron chi connectivity index (χ4n) is 2.23. The summed E-state index contributed by atoms with van der Waals surface area (Å²) < 4.78 is 0.961. The molecule has 1 N–H and O–H groups in total. The number of ketones is 1. The van der Waals surface area contributed by atoms with Gasteiger partial charge in [-0.15, -0.1) is 10.2 Å². The van der Waals surface area contributed by atoms with Crippen LogP contribution in [-0.4, -0.2) is 31.9 Å². The van der Waals surface area contributed by atoms with E-state index in [-0.39, 0.29) is 18.2 Å². The summed E-state index contributed by atoms with van der Waals surface area (Å²) in [5.41, 5.74) is 2.00. The summed E-state index contributed by atoms with van der Waals surface area (Å²) in [5.74, 6) is 0.248. The molecule has 1 heterocycles. The lowest BCUT2D eigenvalue weighted by Gasteiger charge is -2.04. The average molecular weight is 414 g/mol. The molecule has 0 atom stereocenters. The Bertz CT molecular complexity index is 920. The zero-order chi connectivity index (χ0) is 18.5. The number of nitrogens with one attached hydrogen (secondary N) is 1. The molecule has 8 heteroatoms. The lowest BCUT2D eigenvalue weighted by molar-refractivity contribution is -0.115. The number of hydrogen-bond acceptors (Lipinski definition) is 5. The molecule has 0 unspecified atom stereocenters. The van der Waals surface area contributed by atoms with Gasteiger partial charge >= 0.3 is 0 Å². The number of halogens is 1. The van der Waals surface area contributed by atoms with Crippen LogP contribution >= 0.6 is 15.9 Å². The van der Waals surface area contributed by atoms with Gasteiger partial charge in [-0.3, -0.25) is 9.59 Å². The van der Waals surface area contributed by atoms with Gasteiger partial charge in [0.05, 0.1) is 0 Å². The molecule has 0 aliphatic rings. The first kappa shape index (κ1) is 17.9. The van der Waals surface area contributed by atoms with Crippen LogP contribution in [0, 0.1) is 0 Å². The number of aromatic nitrogens is 4. The molecule has 7 nitrogen and oxygen atoms in total. The molecule has 26 heavy (non-hydrogen) atoms. The van der Waals surface area contributed by atoms with Gasteiger partial charge in [-0.1, -0.05) is 22.9 Å². The van der Waals surface area contributed by atoms with Gasteiger partial charge < -0.3 is 5.32 Å². The van der Waals surface area contributed by atoms with E-state index in [1.807, 2.05) is 24.3 Å². The summed E-state index contributed by atoms with van der Waals surface area (Å²) in [6.07, 6.45) is 0.402. The highest BCUT2D eigenvalue weighted by atomic mass is 79.9. The number of carbonyl (C=O) groups is 2. The Morgan fingerprint density at radius 1 is 1.08 bits per heavy atom. The summed E-state index contributed by atoms with van der Waals surface area (Å²) in [4.78, 5) is 25.0. The van der Waals surface area contributed by atoms with Crippen LogP contribution in [0.2, 0.25) is 0 Å². The normalized spacial score (nSPS) is 10.5. The Labute approximate surface area is 158 Å². The minimum absolute atomic E-state index is 0.00973. The maximum atomic E-state index is 12.4. The molecule has 0 saturated heterocycles. The first-order valence-corrected chi connectivity index (χ1v) is 8.81. The van der Waals surface area contributed by atoms with E-state index in [0.29, 0.717) is 23.5 Å². The van der Waals surface area contributed by atoms with Crippen LogP contribution in [-0.2, 0) is 11.3 Å². The fourth-order valence-corrected chi connectivity index (χ4v) is 2.50. The van der Waals surface area contributed by atoms with Crippen molar-refractivity contribution < 1.29 is 9.59 Å². The molecule has 3 aromatic rings. The summed E-state index contributed by atoms with van der Waals surface area (Å²) >= 11 is 3.37. The lowest BCUT2D eigenvalue weighted by Crippen LogP contribution is -2.14. The highest BCUT2D eigenvalue weighted by Crippen LogP contribution is 2.17. The molecule has 1 aromatic heterocycles. The second kappa shape index (κ2) is 8.01. The Hall–Kier alpha value is -2.87. The van der Waals surface area contributed by atoms with Crippen molar-refractivity contribution in [1.29, 1.82) is 0 Å². The minimum Gasteiger partial charge on any atom is -0.326 e. The summed E-state index contributed by atoms with van der Waals surface area (Å²) in [5, 5.41) is 14.9. The van der Waals surface area contributed by atoms with Crippen LogP contribution in [0.5, 0.6) is 0 Å². The van der Waals surface area contributed by atoms with Crippen molar-refractivity contribution in [2.24, 2.45) is 0 Å². The third-order valence-corrected chi connectivity index (χ3v) is 4.18. The Morgan fingerprint density at radius 2 is 1.77 bits per heavy atom. The molecule has 2 aromatic carbocycles. The van der Waals surface area contributed by atoms with Gasteiger partial charge in [-0.25, -0.2) is 0 Å². The van der Waals surface area contributed by atoms with E-state index < -0.39 is 0 Å². The van der Waals surface area contributed by atoms with Crippen molar-refractivity contribution in [2.45, 2.75) is 19.9 Å². The largest absolute Gasteiger partial charge is 0.326 e. The molecule has 132 valence electrons. The summed E-state index contributed by atoms with van der Waals surface area (Å²) in [6, 6.07) is 14.2. The first-order valence-electron chi connectivity index (χ1n) is 8.02. The van der Waals surface area contributed by atoms with E-state index in [9.17, 15) is 9.59 Å².